The van der Waals surface area contributed by atoms with E-state index in [0.29, 0.717) is 28.2 Å². The fourth-order valence-corrected chi connectivity index (χ4v) is 3.72. The van der Waals surface area contributed by atoms with Crippen molar-refractivity contribution in [1.29, 1.82) is 0 Å². The first-order valence-corrected chi connectivity index (χ1v) is 8.34. The molecule has 0 aromatic heterocycles. The van der Waals surface area contributed by atoms with Crippen LogP contribution in [0.1, 0.15) is 44.2 Å². The highest BCUT2D eigenvalue weighted by Crippen LogP contribution is 2.34. The second-order valence-electron chi connectivity index (χ2n) is 6.54. The maximum atomic E-state index is 12.9. The summed E-state index contributed by atoms with van der Waals surface area (Å²) in [6, 6.07) is 4.08. The molecule has 1 saturated carbocycles. The Balaban J connectivity index is 2.01. The molecule has 1 aliphatic rings. The fourth-order valence-electron chi connectivity index (χ4n) is 3.42. The fraction of sp³-hybridized carbons (Fsp3) is 0.588. The number of hydrogen-bond donors (Lipinski definition) is 2. The first kappa shape index (κ1) is 18.0. The van der Waals surface area contributed by atoms with E-state index >= 15 is 0 Å². The second kappa shape index (κ2) is 7.07. The number of rotatable bonds is 3. The Morgan fingerprint density at radius 1 is 1.26 bits per heavy atom. The van der Waals surface area contributed by atoms with Gasteiger partial charge in [-0.3, -0.25) is 0 Å². The molecular formula is C17H23F3N2S. The lowest BCUT2D eigenvalue weighted by Gasteiger charge is -2.26. The van der Waals surface area contributed by atoms with Crippen molar-refractivity contribution in [3.05, 3.63) is 29.3 Å². The molecule has 0 bridgehead atoms. The van der Waals surface area contributed by atoms with E-state index in [1.54, 1.807) is 13.0 Å². The van der Waals surface area contributed by atoms with Crippen LogP contribution in [-0.2, 0) is 6.18 Å². The zero-order valence-corrected chi connectivity index (χ0v) is 14.4. The molecule has 1 aliphatic carbocycles. The number of hydrogen-bond acceptors (Lipinski definition) is 1. The van der Waals surface area contributed by atoms with Crippen LogP contribution in [0.2, 0.25) is 0 Å². The van der Waals surface area contributed by atoms with E-state index in [2.05, 4.69) is 24.5 Å². The number of nitrogens with one attached hydrogen (secondary N) is 2. The van der Waals surface area contributed by atoms with E-state index in [4.69, 9.17) is 12.2 Å². The van der Waals surface area contributed by atoms with Crippen molar-refractivity contribution in [3.63, 3.8) is 0 Å². The van der Waals surface area contributed by atoms with Gasteiger partial charge < -0.3 is 10.6 Å². The molecule has 1 fully saturated rings. The Hall–Kier alpha value is -1.30. The van der Waals surface area contributed by atoms with Gasteiger partial charge in [-0.1, -0.05) is 19.8 Å². The summed E-state index contributed by atoms with van der Waals surface area (Å²) in [6.45, 7) is 5.96. The summed E-state index contributed by atoms with van der Waals surface area (Å²) in [5, 5.41) is 6.47. The molecule has 1 aromatic carbocycles. The maximum absolute atomic E-state index is 12.9. The summed E-state index contributed by atoms with van der Waals surface area (Å²) in [7, 11) is 0. The molecule has 3 atom stereocenters. The van der Waals surface area contributed by atoms with Gasteiger partial charge in [0, 0.05) is 11.7 Å². The summed E-state index contributed by atoms with van der Waals surface area (Å²) in [6.07, 6.45) is -0.737. The van der Waals surface area contributed by atoms with Crippen LogP contribution in [0.4, 0.5) is 18.9 Å². The Morgan fingerprint density at radius 3 is 2.52 bits per heavy atom. The molecule has 0 spiro atoms. The van der Waals surface area contributed by atoms with Gasteiger partial charge in [-0.05, 0) is 68.1 Å². The smallest absolute Gasteiger partial charge is 0.360 e. The van der Waals surface area contributed by atoms with E-state index in [9.17, 15) is 13.2 Å². The Labute approximate surface area is 140 Å². The zero-order chi connectivity index (χ0) is 17.2. The summed E-state index contributed by atoms with van der Waals surface area (Å²) in [4.78, 5) is 0. The zero-order valence-electron chi connectivity index (χ0n) is 13.6. The molecule has 2 nitrogen and oxygen atoms in total. The van der Waals surface area contributed by atoms with Crippen LogP contribution in [0.25, 0.3) is 0 Å². The largest absolute Gasteiger partial charge is 0.416 e. The number of alkyl halides is 3. The SMILES string of the molecule is Cc1cc(NC(=S)N[C@@H](C)C2CCCC2C)cc(C(F)(F)F)c1. The quantitative estimate of drug-likeness (QED) is 0.744. The van der Waals surface area contributed by atoms with Gasteiger partial charge in [-0.15, -0.1) is 0 Å². The molecule has 1 aromatic rings. The highest BCUT2D eigenvalue weighted by molar-refractivity contribution is 7.80. The predicted octanol–water partition coefficient (Wildman–Crippen LogP) is 5.12. The van der Waals surface area contributed by atoms with Crippen molar-refractivity contribution in [2.75, 3.05) is 5.32 Å². The van der Waals surface area contributed by atoms with E-state index in [-0.39, 0.29) is 6.04 Å². The molecule has 0 aliphatic heterocycles. The van der Waals surface area contributed by atoms with Crippen molar-refractivity contribution in [3.8, 4) is 0 Å². The minimum Gasteiger partial charge on any atom is -0.360 e. The van der Waals surface area contributed by atoms with Gasteiger partial charge in [0.15, 0.2) is 5.11 Å². The Bertz CT molecular complexity index is 571. The number of thiocarbonyl (C=S) groups is 1. The van der Waals surface area contributed by atoms with Gasteiger partial charge in [0.25, 0.3) is 0 Å². The van der Waals surface area contributed by atoms with Gasteiger partial charge in [0.05, 0.1) is 5.56 Å². The normalized spacial score (nSPS) is 22.7. The molecule has 128 valence electrons. The van der Waals surface area contributed by atoms with Crippen LogP contribution in [0.15, 0.2) is 18.2 Å². The molecule has 0 heterocycles. The molecule has 0 radical (unpaired) electrons. The van der Waals surface area contributed by atoms with Crippen LogP contribution in [0.5, 0.6) is 0 Å². The molecule has 2 unspecified atom stereocenters. The average Bonchev–Trinajstić information content (AvgIpc) is 2.83. The number of anilines is 1. The lowest BCUT2D eigenvalue weighted by Crippen LogP contribution is -2.41. The van der Waals surface area contributed by atoms with E-state index < -0.39 is 11.7 Å². The first-order chi connectivity index (χ1) is 10.7. The third-order valence-corrected chi connectivity index (χ3v) is 4.81. The summed E-state index contributed by atoms with van der Waals surface area (Å²) in [5.41, 5.74) is 0.240. The molecule has 0 saturated heterocycles. The summed E-state index contributed by atoms with van der Waals surface area (Å²) < 4.78 is 38.6. The second-order valence-corrected chi connectivity index (χ2v) is 6.95. The summed E-state index contributed by atoms with van der Waals surface area (Å²) in [5.74, 6) is 1.20. The molecule has 23 heavy (non-hydrogen) atoms. The van der Waals surface area contributed by atoms with Gasteiger partial charge >= 0.3 is 6.18 Å². The lowest BCUT2D eigenvalue weighted by molar-refractivity contribution is -0.137. The number of aryl methyl sites for hydroxylation is 1. The molecule has 2 N–H and O–H groups in total. The van der Waals surface area contributed by atoms with Crippen molar-refractivity contribution >= 4 is 23.0 Å². The maximum Gasteiger partial charge on any atom is 0.416 e. The number of benzene rings is 1. The third kappa shape index (κ3) is 4.83. The van der Waals surface area contributed by atoms with Crippen LogP contribution in [-0.4, -0.2) is 11.2 Å². The van der Waals surface area contributed by atoms with Gasteiger partial charge in [-0.2, -0.15) is 13.2 Å². The van der Waals surface area contributed by atoms with Crippen LogP contribution in [0, 0.1) is 18.8 Å². The highest BCUT2D eigenvalue weighted by Gasteiger charge is 2.31. The molecular weight excluding hydrogens is 321 g/mol. The van der Waals surface area contributed by atoms with Crippen molar-refractivity contribution < 1.29 is 13.2 Å². The molecule has 2 rings (SSSR count). The topological polar surface area (TPSA) is 24.1 Å². The highest BCUT2D eigenvalue weighted by atomic mass is 32.1. The predicted molar refractivity (Wildman–Crippen MR) is 91.5 cm³/mol. The van der Waals surface area contributed by atoms with Crippen LogP contribution >= 0.6 is 12.2 Å². The van der Waals surface area contributed by atoms with E-state index in [0.717, 1.165) is 12.1 Å². The van der Waals surface area contributed by atoms with Crippen LogP contribution in [0.3, 0.4) is 0 Å². The standard InChI is InChI=1S/C17H23F3N2S/c1-10-7-13(17(18,19)20)9-14(8-10)22-16(23)21-12(3)15-6-4-5-11(15)2/h7-9,11-12,15H,4-6H2,1-3H3,(H2,21,22,23)/t11?,12-,15?/m0/s1. The van der Waals surface area contributed by atoms with Crippen LogP contribution < -0.4 is 10.6 Å². The number of halogens is 3. The van der Waals surface area contributed by atoms with E-state index in [1.807, 2.05) is 0 Å². The minimum absolute atomic E-state index is 0.208. The van der Waals surface area contributed by atoms with Gasteiger partial charge in [0.2, 0.25) is 0 Å². The Kier molecular flexibility index (Phi) is 5.55. The monoisotopic (exact) mass is 344 g/mol. The minimum atomic E-state index is -4.36. The van der Waals surface area contributed by atoms with E-state index in [1.165, 1.54) is 19.3 Å². The molecule has 6 heteroatoms. The molecule has 0 amide bonds. The Morgan fingerprint density at radius 2 is 1.96 bits per heavy atom. The van der Waals surface area contributed by atoms with Crippen molar-refractivity contribution in [2.45, 2.75) is 52.3 Å². The summed E-state index contributed by atoms with van der Waals surface area (Å²) >= 11 is 5.26. The lowest BCUT2D eigenvalue weighted by atomic mass is 9.91. The third-order valence-electron chi connectivity index (χ3n) is 4.59. The van der Waals surface area contributed by atoms with Crippen molar-refractivity contribution in [2.24, 2.45) is 11.8 Å². The average molecular weight is 344 g/mol. The van der Waals surface area contributed by atoms with Crippen molar-refractivity contribution in [1.82, 2.24) is 5.32 Å². The van der Waals surface area contributed by atoms with Gasteiger partial charge in [0.1, 0.15) is 0 Å². The van der Waals surface area contributed by atoms with Gasteiger partial charge in [-0.25, -0.2) is 0 Å². The first-order valence-electron chi connectivity index (χ1n) is 7.93.